The molecule has 3 heteroatoms. The number of amides is 1. The Balaban J connectivity index is 3.82. The van der Waals surface area contributed by atoms with Gasteiger partial charge < -0.3 is 10.4 Å². The van der Waals surface area contributed by atoms with Crippen molar-refractivity contribution in [3.63, 3.8) is 0 Å². The van der Waals surface area contributed by atoms with E-state index in [0.29, 0.717) is 6.42 Å². The van der Waals surface area contributed by atoms with Crippen molar-refractivity contribution < 1.29 is 15.4 Å². The standard InChI is InChI=1S/C18H37NO2/c1-2-3-4-5-6-7-8-9-10-11-12-13-14-15-18(21)19-16-17-20/h20H,2-17H2,1H3,(H,19,21)/i14D2,15D2. The predicted molar refractivity (Wildman–Crippen MR) is 90.4 cm³/mol. The normalized spacial score (nSPS) is 15.0. The van der Waals surface area contributed by atoms with Gasteiger partial charge in [-0.15, -0.1) is 0 Å². The van der Waals surface area contributed by atoms with Gasteiger partial charge in [-0.2, -0.15) is 0 Å². The number of hydrogen-bond donors (Lipinski definition) is 2. The van der Waals surface area contributed by atoms with Gasteiger partial charge in [0.05, 0.1) is 6.61 Å². The Morgan fingerprint density at radius 3 is 1.86 bits per heavy atom. The molecule has 126 valence electrons. The van der Waals surface area contributed by atoms with Gasteiger partial charge >= 0.3 is 0 Å². The minimum Gasteiger partial charge on any atom is -0.395 e. The zero-order chi connectivity index (χ0) is 19.2. The Bertz CT molecular complexity index is 352. The fourth-order valence-electron chi connectivity index (χ4n) is 2.23. The van der Waals surface area contributed by atoms with E-state index in [4.69, 9.17) is 10.6 Å². The van der Waals surface area contributed by atoms with Crippen molar-refractivity contribution in [3.8, 4) is 0 Å². The van der Waals surface area contributed by atoms with E-state index in [-0.39, 0.29) is 19.6 Å². The van der Waals surface area contributed by atoms with Crippen LogP contribution in [0.25, 0.3) is 0 Å². The van der Waals surface area contributed by atoms with Crippen LogP contribution >= 0.6 is 0 Å². The summed E-state index contributed by atoms with van der Waals surface area (Å²) in [6, 6.07) is 0. The molecule has 0 heterocycles. The van der Waals surface area contributed by atoms with Crippen LogP contribution in [-0.2, 0) is 4.79 Å². The summed E-state index contributed by atoms with van der Waals surface area (Å²) < 4.78 is 31.3. The average Bonchev–Trinajstić information content (AvgIpc) is 2.57. The molecule has 0 aliphatic carbocycles. The molecule has 0 aliphatic rings. The van der Waals surface area contributed by atoms with E-state index in [2.05, 4.69) is 12.2 Å². The van der Waals surface area contributed by atoms with E-state index >= 15 is 0 Å². The number of aliphatic hydroxyl groups is 1. The van der Waals surface area contributed by atoms with Crippen LogP contribution in [0.3, 0.4) is 0 Å². The van der Waals surface area contributed by atoms with Gasteiger partial charge in [-0.25, -0.2) is 0 Å². The molecule has 0 aromatic heterocycles. The summed E-state index contributed by atoms with van der Waals surface area (Å²) in [6.45, 7) is 1.87. The van der Waals surface area contributed by atoms with Crippen LogP contribution < -0.4 is 5.32 Å². The van der Waals surface area contributed by atoms with Crippen LogP contribution in [0.1, 0.15) is 102 Å². The molecule has 3 nitrogen and oxygen atoms in total. The number of nitrogens with one attached hydrogen (secondary N) is 1. The van der Waals surface area contributed by atoms with Gasteiger partial charge in [-0.05, 0) is 6.37 Å². The highest BCUT2D eigenvalue weighted by Crippen LogP contribution is 2.12. The zero-order valence-electron chi connectivity index (χ0n) is 17.8. The molecule has 0 bridgehead atoms. The van der Waals surface area contributed by atoms with Crippen LogP contribution in [-0.4, -0.2) is 24.2 Å². The van der Waals surface area contributed by atoms with Gasteiger partial charge in [0.2, 0.25) is 5.91 Å². The molecule has 0 rings (SSSR count). The molecule has 0 aliphatic heterocycles. The molecule has 0 saturated heterocycles. The van der Waals surface area contributed by atoms with E-state index in [0.717, 1.165) is 19.3 Å². The second-order valence-electron chi connectivity index (χ2n) is 5.57. The molecule has 0 aromatic carbocycles. The Hall–Kier alpha value is -0.570. The van der Waals surface area contributed by atoms with Crippen LogP contribution in [0, 0.1) is 0 Å². The van der Waals surface area contributed by atoms with Crippen molar-refractivity contribution >= 4 is 5.91 Å². The summed E-state index contributed by atoms with van der Waals surface area (Å²) in [6.07, 6.45) is 7.89. The smallest absolute Gasteiger partial charge is 0.220 e. The largest absolute Gasteiger partial charge is 0.395 e. The maximum absolute atomic E-state index is 11.7. The summed E-state index contributed by atoms with van der Waals surface area (Å²) in [4.78, 5) is 11.7. The number of hydrogen-bond acceptors (Lipinski definition) is 2. The summed E-state index contributed by atoms with van der Waals surface area (Å²) in [7, 11) is 0. The summed E-state index contributed by atoms with van der Waals surface area (Å²) in [5.74, 6) is -0.991. The molecule has 0 aromatic rings. The van der Waals surface area contributed by atoms with Crippen molar-refractivity contribution in [1.29, 1.82) is 0 Å². The molecular formula is C18H37NO2. The van der Waals surface area contributed by atoms with Crippen LogP contribution in [0.4, 0.5) is 0 Å². The number of carbonyl (C=O) groups excluding carboxylic acids is 1. The van der Waals surface area contributed by atoms with Gasteiger partial charge in [0.25, 0.3) is 0 Å². The highest BCUT2D eigenvalue weighted by atomic mass is 16.3. The number of unbranched alkanes of at least 4 members (excludes halogenated alkanes) is 10. The van der Waals surface area contributed by atoms with Gasteiger partial charge in [0.1, 0.15) is 0 Å². The van der Waals surface area contributed by atoms with Crippen molar-refractivity contribution in [2.75, 3.05) is 13.2 Å². The first kappa shape index (κ1) is 14.0. The van der Waals surface area contributed by atoms with E-state index in [9.17, 15) is 4.79 Å². The van der Waals surface area contributed by atoms with Crippen LogP contribution in [0.5, 0.6) is 0 Å². The van der Waals surface area contributed by atoms with Crippen molar-refractivity contribution in [2.24, 2.45) is 0 Å². The average molecular weight is 304 g/mol. The van der Waals surface area contributed by atoms with Crippen LogP contribution in [0.15, 0.2) is 0 Å². The second-order valence-corrected chi connectivity index (χ2v) is 5.57. The lowest BCUT2D eigenvalue weighted by Gasteiger charge is -2.04. The molecule has 0 saturated carbocycles. The third-order valence-electron chi connectivity index (χ3n) is 3.50. The van der Waals surface area contributed by atoms with Gasteiger partial charge in [0, 0.05) is 18.4 Å². The van der Waals surface area contributed by atoms with E-state index in [1.165, 1.54) is 44.9 Å². The third-order valence-corrected chi connectivity index (χ3v) is 3.50. The SMILES string of the molecule is [2H]C([2H])(CCCCCCCCCCCCC)C([2H])([2H])C(=O)NCCO. The molecule has 0 spiro atoms. The maximum atomic E-state index is 11.7. The molecule has 21 heavy (non-hydrogen) atoms. The third kappa shape index (κ3) is 17.4. The molecule has 2 N–H and O–H groups in total. The Labute approximate surface area is 137 Å². The van der Waals surface area contributed by atoms with E-state index in [1.807, 2.05) is 0 Å². The molecule has 0 unspecified atom stereocenters. The van der Waals surface area contributed by atoms with Crippen molar-refractivity contribution in [2.45, 2.75) is 96.7 Å². The second kappa shape index (κ2) is 17.5. The quantitative estimate of drug-likeness (QED) is 0.410. The first-order valence-corrected chi connectivity index (χ1v) is 8.68. The van der Waals surface area contributed by atoms with Crippen molar-refractivity contribution in [1.82, 2.24) is 5.32 Å². The van der Waals surface area contributed by atoms with Gasteiger partial charge in [0.15, 0.2) is 0 Å². The fourth-order valence-corrected chi connectivity index (χ4v) is 2.23. The zero-order valence-corrected chi connectivity index (χ0v) is 13.8. The number of carbonyl (C=O) groups is 1. The lowest BCUT2D eigenvalue weighted by Crippen LogP contribution is -2.25. The predicted octanol–water partition coefficient (Wildman–Crippen LogP) is 4.58. The van der Waals surface area contributed by atoms with Crippen molar-refractivity contribution in [3.05, 3.63) is 0 Å². The first-order chi connectivity index (χ1) is 11.8. The minimum atomic E-state index is -2.58. The molecule has 0 radical (unpaired) electrons. The monoisotopic (exact) mass is 303 g/mol. The summed E-state index contributed by atoms with van der Waals surface area (Å²) in [5, 5.41) is 10.9. The minimum absolute atomic E-state index is 0.0313. The number of aliphatic hydroxyl groups excluding tert-OH is 1. The van der Waals surface area contributed by atoms with Gasteiger partial charge in [-0.1, -0.05) is 84.0 Å². The highest BCUT2D eigenvalue weighted by Gasteiger charge is 1.99. The molecule has 0 fully saturated rings. The summed E-state index contributed by atoms with van der Waals surface area (Å²) in [5.41, 5.74) is 0. The first-order valence-electron chi connectivity index (χ1n) is 10.7. The lowest BCUT2D eigenvalue weighted by atomic mass is 10.0. The Morgan fingerprint density at radius 2 is 1.38 bits per heavy atom. The topological polar surface area (TPSA) is 49.3 Å². The lowest BCUT2D eigenvalue weighted by molar-refractivity contribution is -0.121. The van der Waals surface area contributed by atoms with E-state index < -0.39 is 18.7 Å². The maximum Gasteiger partial charge on any atom is 0.220 e. The molecular weight excluding hydrogens is 262 g/mol. The Morgan fingerprint density at radius 1 is 0.905 bits per heavy atom. The molecule has 0 atom stereocenters. The highest BCUT2D eigenvalue weighted by molar-refractivity contribution is 5.75. The summed E-state index contributed by atoms with van der Waals surface area (Å²) >= 11 is 0. The van der Waals surface area contributed by atoms with Crippen LogP contribution in [0.2, 0.25) is 0 Å². The molecule has 1 amide bonds. The number of rotatable bonds is 16. The fraction of sp³-hybridized carbons (Fsp3) is 0.944. The Kier molecular flexibility index (Phi) is 11.7. The van der Waals surface area contributed by atoms with Gasteiger partial charge in [-0.3, -0.25) is 4.79 Å². The van der Waals surface area contributed by atoms with E-state index in [1.54, 1.807) is 0 Å².